The summed E-state index contributed by atoms with van der Waals surface area (Å²) < 4.78 is 26.7. The third-order valence-corrected chi connectivity index (χ3v) is 4.14. The molecule has 0 aromatic heterocycles. The Labute approximate surface area is 157 Å². The van der Waals surface area contributed by atoms with Gasteiger partial charge >= 0.3 is 5.97 Å². The van der Waals surface area contributed by atoms with Gasteiger partial charge in [0, 0.05) is 5.56 Å². The lowest BCUT2D eigenvalue weighted by Gasteiger charge is -2.10. The Morgan fingerprint density at radius 1 is 0.815 bits per heavy atom. The summed E-state index contributed by atoms with van der Waals surface area (Å²) in [4.78, 5) is 12.4. The van der Waals surface area contributed by atoms with Crippen molar-refractivity contribution in [2.24, 2.45) is 0 Å². The highest BCUT2D eigenvalue weighted by atomic mass is 16.5. The molecule has 0 N–H and O–H groups in total. The number of benzene rings is 2. The van der Waals surface area contributed by atoms with E-state index in [-0.39, 0.29) is 0 Å². The lowest BCUT2D eigenvalue weighted by atomic mass is 10.1. The molecule has 6 heteroatoms. The standard InChI is InChI=1S/C21H20O6/c1-23-15-5-7-18(25-3)13(10-15)9-14-11-20(27-21(14)22)17-12-16(24-2)6-8-19(17)26-4/h5-12H,1-4H3. The SMILES string of the molecule is COc1ccc(OC)c(C=C2C=C(c3cc(OC)ccc3OC)OC2=O)c1. The van der Waals surface area contributed by atoms with Gasteiger partial charge in [0.2, 0.25) is 0 Å². The van der Waals surface area contributed by atoms with Gasteiger partial charge in [-0.3, -0.25) is 0 Å². The topological polar surface area (TPSA) is 63.2 Å². The zero-order chi connectivity index (χ0) is 19.4. The zero-order valence-electron chi connectivity index (χ0n) is 15.6. The Morgan fingerprint density at radius 2 is 1.44 bits per heavy atom. The Hall–Kier alpha value is -3.41. The molecule has 0 atom stereocenters. The smallest absolute Gasteiger partial charge is 0.343 e. The van der Waals surface area contributed by atoms with Crippen LogP contribution >= 0.6 is 0 Å². The fourth-order valence-electron chi connectivity index (χ4n) is 2.75. The lowest BCUT2D eigenvalue weighted by Crippen LogP contribution is -1.99. The molecule has 0 saturated carbocycles. The number of ether oxygens (including phenoxy) is 5. The van der Waals surface area contributed by atoms with Crippen molar-refractivity contribution in [1.29, 1.82) is 0 Å². The largest absolute Gasteiger partial charge is 0.497 e. The summed E-state index contributed by atoms with van der Waals surface area (Å²) in [5.41, 5.74) is 1.73. The monoisotopic (exact) mass is 368 g/mol. The molecule has 3 rings (SSSR count). The molecule has 1 heterocycles. The van der Waals surface area contributed by atoms with E-state index in [0.29, 0.717) is 45.5 Å². The molecule has 2 aromatic rings. The van der Waals surface area contributed by atoms with Crippen molar-refractivity contribution in [1.82, 2.24) is 0 Å². The van der Waals surface area contributed by atoms with Crippen LogP contribution in [0.15, 0.2) is 48.0 Å². The molecule has 0 spiro atoms. The number of esters is 1. The highest BCUT2D eigenvalue weighted by Crippen LogP contribution is 2.36. The van der Waals surface area contributed by atoms with Crippen LogP contribution < -0.4 is 18.9 Å². The molecular formula is C21H20O6. The third-order valence-electron chi connectivity index (χ3n) is 4.14. The van der Waals surface area contributed by atoms with Crippen LogP contribution in [-0.2, 0) is 9.53 Å². The maximum absolute atomic E-state index is 12.4. The van der Waals surface area contributed by atoms with E-state index in [9.17, 15) is 4.79 Å². The first-order valence-corrected chi connectivity index (χ1v) is 8.19. The molecule has 6 nitrogen and oxygen atoms in total. The van der Waals surface area contributed by atoms with Crippen molar-refractivity contribution in [2.75, 3.05) is 28.4 Å². The molecule has 0 bridgehead atoms. The molecule has 0 fully saturated rings. The van der Waals surface area contributed by atoms with Crippen LogP contribution in [0.25, 0.3) is 11.8 Å². The van der Waals surface area contributed by atoms with Crippen LogP contribution in [0, 0.1) is 0 Å². The molecule has 140 valence electrons. The maximum atomic E-state index is 12.4. The maximum Gasteiger partial charge on any atom is 0.343 e. The molecule has 0 saturated heterocycles. The molecule has 0 amide bonds. The lowest BCUT2D eigenvalue weighted by molar-refractivity contribution is -0.130. The zero-order valence-corrected chi connectivity index (χ0v) is 15.6. The molecule has 0 radical (unpaired) electrons. The first-order valence-electron chi connectivity index (χ1n) is 8.19. The van der Waals surface area contributed by atoms with Gasteiger partial charge in [0.15, 0.2) is 0 Å². The number of carbonyl (C=O) groups excluding carboxylic acids is 1. The van der Waals surface area contributed by atoms with Gasteiger partial charge in [-0.25, -0.2) is 4.79 Å². The minimum atomic E-state index is -0.459. The second-order valence-corrected chi connectivity index (χ2v) is 5.67. The first-order chi connectivity index (χ1) is 13.1. The van der Waals surface area contributed by atoms with Crippen LogP contribution in [0.4, 0.5) is 0 Å². The minimum absolute atomic E-state index is 0.390. The van der Waals surface area contributed by atoms with Gasteiger partial charge in [0.1, 0.15) is 28.8 Å². The molecule has 1 aliphatic rings. The van der Waals surface area contributed by atoms with Crippen molar-refractivity contribution in [3.8, 4) is 23.0 Å². The number of methoxy groups -OCH3 is 4. The Kier molecular flexibility index (Phi) is 5.35. The van der Waals surface area contributed by atoms with E-state index in [1.807, 2.05) is 0 Å². The fraction of sp³-hybridized carbons (Fsp3) is 0.190. The summed E-state index contributed by atoms with van der Waals surface area (Å²) in [5.74, 6) is 2.43. The van der Waals surface area contributed by atoms with E-state index in [1.165, 1.54) is 0 Å². The van der Waals surface area contributed by atoms with E-state index in [4.69, 9.17) is 23.7 Å². The number of hydrogen-bond donors (Lipinski definition) is 0. The van der Waals surface area contributed by atoms with Crippen molar-refractivity contribution in [2.45, 2.75) is 0 Å². The van der Waals surface area contributed by atoms with Gasteiger partial charge in [-0.2, -0.15) is 0 Å². The molecule has 0 aliphatic carbocycles. The van der Waals surface area contributed by atoms with Crippen molar-refractivity contribution in [3.05, 3.63) is 59.2 Å². The van der Waals surface area contributed by atoms with E-state index in [1.54, 1.807) is 77.0 Å². The number of cyclic esters (lactones) is 1. The van der Waals surface area contributed by atoms with E-state index in [0.717, 1.165) is 0 Å². The van der Waals surface area contributed by atoms with Crippen LogP contribution in [-0.4, -0.2) is 34.4 Å². The molecule has 0 unspecified atom stereocenters. The highest BCUT2D eigenvalue weighted by Gasteiger charge is 2.25. The number of hydrogen-bond acceptors (Lipinski definition) is 6. The third kappa shape index (κ3) is 3.74. The van der Waals surface area contributed by atoms with Gasteiger partial charge in [-0.1, -0.05) is 0 Å². The first kappa shape index (κ1) is 18.4. The second kappa shape index (κ2) is 7.86. The average molecular weight is 368 g/mol. The van der Waals surface area contributed by atoms with Crippen molar-refractivity contribution >= 4 is 17.8 Å². The molecular weight excluding hydrogens is 348 g/mol. The summed E-state index contributed by atoms with van der Waals surface area (Å²) in [5, 5.41) is 0. The molecule has 2 aromatic carbocycles. The summed E-state index contributed by atoms with van der Waals surface area (Å²) in [7, 11) is 6.27. The predicted molar refractivity (Wildman–Crippen MR) is 101 cm³/mol. The van der Waals surface area contributed by atoms with Crippen molar-refractivity contribution in [3.63, 3.8) is 0 Å². The normalized spacial score (nSPS) is 14.6. The van der Waals surface area contributed by atoms with Gasteiger partial charge in [-0.05, 0) is 48.6 Å². The predicted octanol–water partition coefficient (Wildman–Crippen LogP) is 3.70. The summed E-state index contributed by atoms with van der Waals surface area (Å²) in [6.45, 7) is 0. The Morgan fingerprint density at radius 3 is 2.07 bits per heavy atom. The second-order valence-electron chi connectivity index (χ2n) is 5.67. The van der Waals surface area contributed by atoms with Crippen LogP contribution in [0.2, 0.25) is 0 Å². The van der Waals surface area contributed by atoms with Gasteiger partial charge in [0.05, 0.1) is 39.6 Å². The molecule has 27 heavy (non-hydrogen) atoms. The fourth-order valence-corrected chi connectivity index (χ4v) is 2.75. The van der Waals surface area contributed by atoms with E-state index in [2.05, 4.69) is 0 Å². The van der Waals surface area contributed by atoms with Crippen LogP contribution in [0.3, 0.4) is 0 Å². The van der Waals surface area contributed by atoms with Crippen LogP contribution in [0.5, 0.6) is 23.0 Å². The van der Waals surface area contributed by atoms with Gasteiger partial charge in [-0.15, -0.1) is 0 Å². The van der Waals surface area contributed by atoms with Crippen LogP contribution in [0.1, 0.15) is 11.1 Å². The summed E-state index contributed by atoms with van der Waals surface area (Å²) >= 11 is 0. The quantitative estimate of drug-likeness (QED) is 0.572. The van der Waals surface area contributed by atoms with E-state index >= 15 is 0 Å². The molecule has 1 aliphatic heterocycles. The minimum Gasteiger partial charge on any atom is -0.497 e. The Balaban J connectivity index is 2.04. The summed E-state index contributed by atoms with van der Waals surface area (Å²) in [6.07, 6.45) is 3.36. The van der Waals surface area contributed by atoms with E-state index < -0.39 is 5.97 Å². The van der Waals surface area contributed by atoms with Crippen molar-refractivity contribution < 1.29 is 28.5 Å². The Bertz CT molecular complexity index is 926. The van der Waals surface area contributed by atoms with Gasteiger partial charge < -0.3 is 23.7 Å². The summed E-state index contributed by atoms with van der Waals surface area (Å²) in [6, 6.07) is 10.6. The number of rotatable bonds is 6. The number of carbonyl (C=O) groups is 1. The highest BCUT2D eigenvalue weighted by molar-refractivity contribution is 6.05. The average Bonchev–Trinajstić information content (AvgIpc) is 3.07. The van der Waals surface area contributed by atoms with Gasteiger partial charge in [0.25, 0.3) is 0 Å².